The van der Waals surface area contributed by atoms with Crippen LogP contribution in [-0.4, -0.2) is 37.3 Å². The molecule has 0 saturated heterocycles. The van der Waals surface area contributed by atoms with Crippen molar-refractivity contribution in [3.05, 3.63) is 100 Å². The first-order chi connectivity index (χ1) is 17.2. The maximum absolute atomic E-state index is 13.3. The van der Waals surface area contributed by atoms with Crippen LogP contribution >= 0.6 is 0 Å². The summed E-state index contributed by atoms with van der Waals surface area (Å²) < 4.78 is 38.2. The SMILES string of the molecule is COC(=O)C1=C(C)N(Cc2cccnc2)C(=O)/C1=C/c1ccc(CNS(=O)(=O)c2ccc(C)cc2)o1. The minimum absolute atomic E-state index is 0.0841. The number of carbonyl (C=O) groups excluding carboxylic acids is 2. The lowest BCUT2D eigenvalue weighted by atomic mass is 10.1. The van der Waals surface area contributed by atoms with Crippen molar-refractivity contribution >= 4 is 28.0 Å². The number of esters is 1. The Balaban J connectivity index is 1.55. The van der Waals surface area contributed by atoms with Crippen LogP contribution in [0.5, 0.6) is 0 Å². The predicted octanol–water partition coefficient (Wildman–Crippen LogP) is 3.33. The van der Waals surface area contributed by atoms with Gasteiger partial charge in [0.15, 0.2) is 0 Å². The van der Waals surface area contributed by atoms with Gasteiger partial charge in [0.1, 0.15) is 11.5 Å². The number of hydrogen-bond donors (Lipinski definition) is 1. The highest BCUT2D eigenvalue weighted by Gasteiger charge is 2.37. The van der Waals surface area contributed by atoms with Crippen LogP contribution in [0.1, 0.15) is 29.6 Å². The van der Waals surface area contributed by atoms with Crippen molar-refractivity contribution < 1.29 is 27.2 Å². The summed E-state index contributed by atoms with van der Waals surface area (Å²) in [5.41, 5.74) is 2.49. The Bertz CT molecular complexity index is 1450. The van der Waals surface area contributed by atoms with E-state index in [2.05, 4.69) is 9.71 Å². The van der Waals surface area contributed by atoms with Gasteiger partial charge in [-0.2, -0.15) is 0 Å². The number of carbonyl (C=O) groups is 2. The number of rotatable bonds is 8. The Morgan fingerprint density at radius 3 is 2.56 bits per heavy atom. The van der Waals surface area contributed by atoms with Crippen LogP contribution < -0.4 is 4.72 Å². The highest BCUT2D eigenvalue weighted by Crippen LogP contribution is 2.33. The van der Waals surface area contributed by atoms with Crippen LogP contribution in [0.3, 0.4) is 0 Å². The van der Waals surface area contributed by atoms with Crippen molar-refractivity contribution in [2.24, 2.45) is 0 Å². The summed E-state index contributed by atoms with van der Waals surface area (Å²) in [5, 5.41) is 0. The third-order valence-corrected chi connectivity index (χ3v) is 7.12. The zero-order chi connectivity index (χ0) is 25.9. The van der Waals surface area contributed by atoms with Crippen LogP contribution in [0.2, 0.25) is 0 Å². The molecule has 2 aromatic heterocycles. The van der Waals surface area contributed by atoms with Crippen molar-refractivity contribution in [1.29, 1.82) is 0 Å². The molecule has 0 radical (unpaired) electrons. The molecule has 1 aromatic carbocycles. The zero-order valence-electron chi connectivity index (χ0n) is 20.0. The lowest BCUT2D eigenvalue weighted by Crippen LogP contribution is -2.24. The van der Waals surface area contributed by atoms with Gasteiger partial charge in [0.05, 0.1) is 36.2 Å². The number of furan rings is 1. The summed E-state index contributed by atoms with van der Waals surface area (Å²) in [6, 6.07) is 13.3. The number of aryl methyl sites for hydroxylation is 1. The molecule has 10 heteroatoms. The van der Waals surface area contributed by atoms with Gasteiger partial charge in [-0.15, -0.1) is 0 Å². The molecule has 1 aliphatic heterocycles. The number of nitrogens with zero attached hydrogens (tertiary/aromatic N) is 2. The average molecular weight is 508 g/mol. The maximum Gasteiger partial charge on any atom is 0.340 e. The quantitative estimate of drug-likeness (QED) is 0.367. The number of amides is 1. The molecular formula is C26H25N3O6S. The van der Waals surface area contributed by atoms with Crippen molar-refractivity contribution in [1.82, 2.24) is 14.6 Å². The fourth-order valence-corrected chi connectivity index (χ4v) is 4.76. The van der Waals surface area contributed by atoms with Gasteiger partial charge in [-0.05, 0) is 55.8 Å². The van der Waals surface area contributed by atoms with Crippen LogP contribution in [0.15, 0.2) is 87.1 Å². The number of aromatic nitrogens is 1. The summed E-state index contributed by atoms with van der Waals surface area (Å²) in [5.74, 6) is -0.385. The Kier molecular flexibility index (Phi) is 7.18. The fraction of sp³-hybridized carbons (Fsp3) is 0.192. The topological polar surface area (TPSA) is 119 Å². The number of benzene rings is 1. The van der Waals surface area contributed by atoms with E-state index in [1.54, 1.807) is 49.6 Å². The summed E-state index contributed by atoms with van der Waals surface area (Å²) in [6.45, 7) is 3.70. The molecule has 4 rings (SSSR count). The molecule has 0 aliphatic carbocycles. The molecule has 1 N–H and O–H groups in total. The highest BCUT2D eigenvalue weighted by molar-refractivity contribution is 7.89. The molecule has 1 amide bonds. The molecule has 0 spiro atoms. The first-order valence-electron chi connectivity index (χ1n) is 11.1. The van der Waals surface area contributed by atoms with Crippen LogP contribution in [-0.2, 0) is 37.4 Å². The second-order valence-corrected chi connectivity index (χ2v) is 9.97. The van der Waals surface area contributed by atoms with Gasteiger partial charge in [-0.3, -0.25) is 9.78 Å². The van der Waals surface area contributed by atoms with Crippen LogP contribution in [0.4, 0.5) is 0 Å². The first kappa shape index (κ1) is 25.1. The molecule has 9 nitrogen and oxygen atoms in total. The van der Waals surface area contributed by atoms with Crippen LogP contribution in [0.25, 0.3) is 6.08 Å². The number of methoxy groups -OCH3 is 1. The maximum atomic E-state index is 13.3. The van der Waals surface area contributed by atoms with E-state index in [0.717, 1.165) is 11.1 Å². The number of allylic oxidation sites excluding steroid dienone is 1. The lowest BCUT2D eigenvalue weighted by molar-refractivity contribution is -0.136. The Morgan fingerprint density at radius 1 is 1.14 bits per heavy atom. The molecule has 0 bridgehead atoms. The second-order valence-electron chi connectivity index (χ2n) is 8.20. The lowest BCUT2D eigenvalue weighted by Gasteiger charge is -2.17. The normalized spacial score (nSPS) is 15.1. The van der Waals surface area contributed by atoms with E-state index in [-0.39, 0.29) is 35.0 Å². The van der Waals surface area contributed by atoms with E-state index in [4.69, 9.17) is 9.15 Å². The minimum Gasteiger partial charge on any atom is -0.465 e. The number of pyridine rings is 1. The largest absolute Gasteiger partial charge is 0.465 e. The minimum atomic E-state index is -3.72. The summed E-state index contributed by atoms with van der Waals surface area (Å²) in [6.07, 6.45) is 4.74. The molecule has 0 unspecified atom stereocenters. The Morgan fingerprint density at radius 2 is 1.89 bits per heavy atom. The number of ether oxygens (including phenoxy) is 1. The van der Waals surface area contributed by atoms with Crippen molar-refractivity contribution in [2.75, 3.05) is 7.11 Å². The van der Waals surface area contributed by atoms with Gasteiger partial charge in [-0.1, -0.05) is 23.8 Å². The van der Waals surface area contributed by atoms with Gasteiger partial charge in [0.25, 0.3) is 5.91 Å². The highest BCUT2D eigenvalue weighted by atomic mass is 32.2. The third-order valence-electron chi connectivity index (χ3n) is 5.70. The van der Waals surface area contributed by atoms with Crippen molar-refractivity contribution in [3.63, 3.8) is 0 Å². The number of sulfonamides is 1. The first-order valence-corrected chi connectivity index (χ1v) is 12.5. The van der Waals surface area contributed by atoms with Crippen molar-refractivity contribution in [3.8, 4) is 0 Å². The van der Waals surface area contributed by atoms with Gasteiger partial charge < -0.3 is 14.1 Å². The standard InChI is InChI=1S/C26H25N3O6S/c1-17-6-10-22(11-7-17)36(32,33)28-15-21-9-8-20(35-21)13-23-24(26(31)34-3)18(2)29(25(23)30)16-19-5-4-12-27-14-19/h4-14,28H,15-16H2,1-3H3/b23-13+. The summed E-state index contributed by atoms with van der Waals surface area (Å²) >= 11 is 0. The Labute approximate surface area is 209 Å². The molecule has 1 aliphatic rings. The van der Waals surface area contributed by atoms with E-state index in [1.807, 2.05) is 13.0 Å². The molecule has 186 valence electrons. The van der Waals surface area contributed by atoms with Crippen LogP contribution in [0, 0.1) is 6.92 Å². The smallest absolute Gasteiger partial charge is 0.340 e. The second kappa shape index (κ2) is 10.3. The molecule has 36 heavy (non-hydrogen) atoms. The summed E-state index contributed by atoms with van der Waals surface area (Å²) in [4.78, 5) is 31.5. The van der Waals surface area contributed by atoms with Gasteiger partial charge in [-0.25, -0.2) is 17.9 Å². The number of hydrogen-bond acceptors (Lipinski definition) is 7. The predicted molar refractivity (Wildman–Crippen MR) is 131 cm³/mol. The molecular weight excluding hydrogens is 482 g/mol. The molecule has 0 atom stereocenters. The monoisotopic (exact) mass is 507 g/mol. The van der Waals surface area contributed by atoms with Gasteiger partial charge in [0.2, 0.25) is 10.0 Å². The zero-order valence-corrected chi connectivity index (χ0v) is 20.8. The van der Waals surface area contributed by atoms with Gasteiger partial charge >= 0.3 is 5.97 Å². The average Bonchev–Trinajstić information content (AvgIpc) is 3.41. The third kappa shape index (κ3) is 5.29. The van der Waals surface area contributed by atoms with E-state index < -0.39 is 16.0 Å². The molecule has 0 fully saturated rings. The van der Waals surface area contributed by atoms with E-state index in [9.17, 15) is 18.0 Å². The summed E-state index contributed by atoms with van der Waals surface area (Å²) in [7, 11) is -2.48. The van der Waals surface area contributed by atoms with E-state index >= 15 is 0 Å². The fourth-order valence-electron chi connectivity index (χ4n) is 3.77. The van der Waals surface area contributed by atoms with Gasteiger partial charge in [0, 0.05) is 18.1 Å². The van der Waals surface area contributed by atoms with Crippen molar-refractivity contribution in [2.45, 2.75) is 31.8 Å². The van der Waals surface area contributed by atoms with E-state index in [1.165, 1.54) is 30.2 Å². The molecule has 3 heterocycles. The molecule has 3 aromatic rings. The Hall–Kier alpha value is -4.02. The number of nitrogens with one attached hydrogen (secondary N) is 1. The molecule has 0 saturated carbocycles. The van der Waals surface area contributed by atoms with E-state index in [0.29, 0.717) is 17.2 Å².